The number of rotatable bonds is 7. The Morgan fingerprint density at radius 2 is 2.03 bits per heavy atom. The van der Waals surface area contributed by atoms with Gasteiger partial charge in [0.2, 0.25) is 0 Å². The van der Waals surface area contributed by atoms with Gasteiger partial charge < -0.3 is 4.57 Å². The van der Waals surface area contributed by atoms with E-state index in [0.717, 1.165) is 24.4 Å². The maximum atomic E-state index is 13.0. The van der Waals surface area contributed by atoms with Gasteiger partial charge in [-0.3, -0.25) is 24.3 Å². The van der Waals surface area contributed by atoms with Crippen LogP contribution in [0.4, 0.5) is 5.69 Å². The number of ketones is 1. The highest BCUT2D eigenvalue weighted by atomic mass is 32.1. The molecule has 0 radical (unpaired) electrons. The maximum absolute atomic E-state index is 13.0. The Kier molecular flexibility index (Phi) is 5.51. The van der Waals surface area contributed by atoms with Crippen molar-refractivity contribution in [2.24, 2.45) is 0 Å². The molecule has 0 N–H and O–H groups in total. The van der Waals surface area contributed by atoms with Crippen LogP contribution in [0, 0.1) is 24.0 Å². The SMILES string of the molecule is Cc1cc(C(=O)Cn2cnc3cc([N+](=O)[O-])ccc3c2=O)c(C)n1CCc1cccs1. The zero-order valence-electron chi connectivity index (χ0n) is 17.1. The van der Waals surface area contributed by atoms with E-state index in [-0.39, 0.29) is 28.9 Å². The molecule has 0 bridgehead atoms. The molecule has 8 nitrogen and oxygen atoms in total. The number of thiophene rings is 1. The Hall–Kier alpha value is -3.59. The molecule has 0 saturated carbocycles. The minimum absolute atomic E-state index is 0.136. The Balaban J connectivity index is 1.58. The number of carbonyl (C=O) groups excluding carboxylic acids is 1. The third kappa shape index (κ3) is 4.04. The van der Waals surface area contributed by atoms with Crippen LogP contribution in [0.1, 0.15) is 26.6 Å². The maximum Gasteiger partial charge on any atom is 0.271 e. The van der Waals surface area contributed by atoms with Crippen LogP contribution in [-0.2, 0) is 19.5 Å². The summed E-state index contributed by atoms with van der Waals surface area (Å²) in [7, 11) is 0. The largest absolute Gasteiger partial charge is 0.348 e. The molecule has 31 heavy (non-hydrogen) atoms. The van der Waals surface area contributed by atoms with Crippen LogP contribution in [0.5, 0.6) is 0 Å². The lowest BCUT2D eigenvalue weighted by atomic mass is 10.1. The van der Waals surface area contributed by atoms with Crippen molar-refractivity contribution in [1.82, 2.24) is 14.1 Å². The Morgan fingerprint density at radius 1 is 1.23 bits per heavy atom. The van der Waals surface area contributed by atoms with E-state index in [9.17, 15) is 19.7 Å². The number of nitro groups is 1. The number of hydrogen-bond donors (Lipinski definition) is 0. The molecular weight excluding hydrogens is 416 g/mol. The second kappa shape index (κ2) is 8.27. The number of hydrogen-bond acceptors (Lipinski definition) is 6. The van der Waals surface area contributed by atoms with E-state index in [2.05, 4.69) is 15.6 Å². The summed E-state index contributed by atoms with van der Waals surface area (Å²) in [6.07, 6.45) is 2.16. The van der Waals surface area contributed by atoms with Crippen molar-refractivity contribution < 1.29 is 9.72 Å². The number of aryl methyl sites for hydroxylation is 2. The highest BCUT2D eigenvalue weighted by Crippen LogP contribution is 2.19. The lowest BCUT2D eigenvalue weighted by molar-refractivity contribution is -0.384. The smallest absolute Gasteiger partial charge is 0.271 e. The summed E-state index contributed by atoms with van der Waals surface area (Å²) < 4.78 is 3.36. The fourth-order valence-corrected chi connectivity index (χ4v) is 4.42. The fraction of sp³-hybridized carbons (Fsp3) is 0.227. The average Bonchev–Trinajstić information content (AvgIpc) is 3.36. The molecule has 3 heterocycles. The minimum atomic E-state index is -0.537. The topological polar surface area (TPSA) is 100 Å². The number of carbonyl (C=O) groups is 1. The molecule has 0 amide bonds. The van der Waals surface area contributed by atoms with Crippen molar-refractivity contribution in [2.45, 2.75) is 33.4 Å². The fourth-order valence-electron chi connectivity index (χ4n) is 3.72. The standard InChI is InChI=1S/C22H20N4O4S/c1-14-10-19(15(2)25(14)8-7-17-4-3-9-31-17)21(27)12-24-13-23-20-11-16(26(29)30)5-6-18(20)22(24)28/h3-6,9-11,13H,7-8,12H2,1-2H3. The first kappa shape index (κ1) is 20.7. The van der Waals surface area contributed by atoms with Crippen LogP contribution in [0.25, 0.3) is 10.9 Å². The molecule has 0 aliphatic carbocycles. The third-order valence-electron chi connectivity index (χ3n) is 5.37. The molecule has 1 aromatic carbocycles. The van der Waals surface area contributed by atoms with Gasteiger partial charge in [-0.2, -0.15) is 0 Å². The van der Waals surface area contributed by atoms with Gasteiger partial charge in [0.1, 0.15) is 0 Å². The Morgan fingerprint density at radius 3 is 2.74 bits per heavy atom. The summed E-state index contributed by atoms with van der Waals surface area (Å²) in [6.45, 7) is 4.51. The molecule has 0 atom stereocenters. The molecule has 0 unspecified atom stereocenters. The summed E-state index contributed by atoms with van der Waals surface area (Å²) in [5, 5.41) is 13.2. The van der Waals surface area contributed by atoms with E-state index in [4.69, 9.17) is 0 Å². The number of nitrogens with zero attached hydrogens (tertiary/aromatic N) is 4. The van der Waals surface area contributed by atoms with E-state index in [0.29, 0.717) is 5.56 Å². The lowest BCUT2D eigenvalue weighted by Crippen LogP contribution is -2.25. The molecule has 158 valence electrons. The van der Waals surface area contributed by atoms with Crippen molar-refractivity contribution in [1.29, 1.82) is 0 Å². The minimum Gasteiger partial charge on any atom is -0.348 e. The van der Waals surface area contributed by atoms with Gasteiger partial charge in [-0.25, -0.2) is 4.98 Å². The van der Waals surface area contributed by atoms with Crippen LogP contribution in [0.3, 0.4) is 0 Å². The van der Waals surface area contributed by atoms with Crippen molar-refractivity contribution >= 4 is 33.7 Å². The van der Waals surface area contributed by atoms with Crippen LogP contribution in [-0.4, -0.2) is 24.8 Å². The summed E-state index contributed by atoms with van der Waals surface area (Å²) in [5.74, 6) is -0.180. The second-order valence-corrected chi connectivity index (χ2v) is 8.36. The van der Waals surface area contributed by atoms with Crippen molar-refractivity contribution in [3.63, 3.8) is 0 Å². The predicted octanol–water partition coefficient (Wildman–Crippen LogP) is 3.91. The van der Waals surface area contributed by atoms with Gasteiger partial charge in [0.05, 0.1) is 28.7 Å². The normalized spacial score (nSPS) is 11.2. The number of non-ortho nitro benzene ring substituents is 1. The van der Waals surface area contributed by atoms with Crippen molar-refractivity contribution in [3.05, 3.63) is 90.4 Å². The van der Waals surface area contributed by atoms with Crippen LogP contribution in [0.15, 0.2) is 52.9 Å². The summed E-state index contributed by atoms with van der Waals surface area (Å²) in [4.78, 5) is 41.5. The van der Waals surface area contributed by atoms with Gasteiger partial charge in [-0.05, 0) is 43.8 Å². The monoisotopic (exact) mass is 436 g/mol. The van der Waals surface area contributed by atoms with Gasteiger partial charge in [-0.15, -0.1) is 11.3 Å². The van der Waals surface area contributed by atoms with Gasteiger partial charge >= 0.3 is 0 Å². The molecule has 9 heteroatoms. The van der Waals surface area contributed by atoms with E-state index in [1.165, 1.54) is 34.0 Å². The molecule has 4 aromatic rings. The molecule has 0 saturated heterocycles. The van der Waals surface area contributed by atoms with Crippen molar-refractivity contribution in [3.8, 4) is 0 Å². The van der Waals surface area contributed by atoms with E-state index in [1.807, 2.05) is 31.4 Å². The first-order valence-electron chi connectivity index (χ1n) is 9.71. The summed E-state index contributed by atoms with van der Waals surface area (Å²) in [5.41, 5.74) is 2.14. The Bertz CT molecular complexity index is 1350. The van der Waals surface area contributed by atoms with Gasteiger partial charge in [0.25, 0.3) is 11.2 Å². The Labute approximate surface area is 181 Å². The molecule has 3 aromatic heterocycles. The van der Waals surface area contributed by atoms with Crippen LogP contribution in [0.2, 0.25) is 0 Å². The van der Waals surface area contributed by atoms with Crippen LogP contribution >= 0.6 is 11.3 Å². The molecule has 0 fully saturated rings. The molecule has 0 spiro atoms. The van der Waals surface area contributed by atoms with Gasteiger partial charge in [0.15, 0.2) is 5.78 Å². The lowest BCUT2D eigenvalue weighted by Gasteiger charge is -2.09. The molecule has 4 rings (SSSR count). The van der Waals surface area contributed by atoms with Crippen molar-refractivity contribution in [2.75, 3.05) is 0 Å². The third-order valence-corrected chi connectivity index (χ3v) is 6.31. The van der Waals surface area contributed by atoms with E-state index in [1.54, 1.807) is 11.3 Å². The first-order chi connectivity index (χ1) is 14.8. The first-order valence-corrected chi connectivity index (χ1v) is 10.6. The molecular formula is C22H20N4O4S. The van der Waals surface area contributed by atoms with Gasteiger partial charge in [0, 0.05) is 40.5 Å². The zero-order valence-corrected chi connectivity index (χ0v) is 17.9. The van der Waals surface area contributed by atoms with E-state index < -0.39 is 10.5 Å². The van der Waals surface area contributed by atoms with E-state index >= 15 is 0 Å². The average molecular weight is 436 g/mol. The number of Topliss-reactive ketones (excluding diaryl/α,β-unsaturated/α-hetero) is 1. The highest BCUT2D eigenvalue weighted by Gasteiger charge is 2.18. The van der Waals surface area contributed by atoms with Crippen LogP contribution < -0.4 is 5.56 Å². The molecule has 0 aliphatic heterocycles. The number of aromatic nitrogens is 3. The zero-order chi connectivity index (χ0) is 22.1. The highest BCUT2D eigenvalue weighted by molar-refractivity contribution is 7.09. The number of fused-ring (bicyclic) bond motifs is 1. The number of benzene rings is 1. The summed E-state index contributed by atoms with van der Waals surface area (Å²) in [6, 6.07) is 9.87. The number of nitro benzene ring substituents is 1. The summed E-state index contributed by atoms with van der Waals surface area (Å²) >= 11 is 1.71. The van der Waals surface area contributed by atoms with Gasteiger partial charge in [-0.1, -0.05) is 6.07 Å². The molecule has 0 aliphatic rings. The second-order valence-electron chi connectivity index (χ2n) is 7.33. The quantitative estimate of drug-likeness (QED) is 0.248. The predicted molar refractivity (Wildman–Crippen MR) is 119 cm³/mol.